The number of hydrogen-bond donors (Lipinski definition) is 0. The molecular weight excluding hydrogens is 231 g/mol. The van der Waals surface area contributed by atoms with Crippen LogP contribution in [0, 0.1) is 5.82 Å². The van der Waals surface area contributed by atoms with Gasteiger partial charge in [-0.2, -0.15) is 0 Å². The fourth-order valence-electron chi connectivity index (χ4n) is 1.14. The van der Waals surface area contributed by atoms with E-state index < -0.39 is 0 Å². The molecule has 16 heavy (non-hydrogen) atoms. The van der Waals surface area contributed by atoms with Crippen LogP contribution in [0.15, 0.2) is 24.3 Å². The predicted octanol–water partition coefficient (Wildman–Crippen LogP) is 3.45. The summed E-state index contributed by atoms with van der Waals surface area (Å²) in [5, 5.41) is 0.446. The summed E-state index contributed by atoms with van der Waals surface area (Å²) in [6, 6.07) is 4.07. The first-order chi connectivity index (χ1) is 7.63. The fraction of sp³-hybridized carbons (Fsp3) is 0.250. The Hall–Kier alpha value is -1.35. The van der Waals surface area contributed by atoms with Crippen LogP contribution in [0.3, 0.4) is 0 Å². The van der Waals surface area contributed by atoms with E-state index in [9.17, 15) is 9.18 Å². The summed E-state index contributed by atoms with van der Waals surface area (Å²) in [6.45, 7) is 2.10. The van der Waals surface area contributed by atoms with E-state index in [1.165, 1.54) is 18.2 Å². The molecule has 0 heterocycles. The van der Waals surface area contributed by atoms with Gasteiger partial charge in [0.05, 0.1) is 13.0 Å². The van der Waals surface area contributed by atoms with Crippen molar-refractivity contribution in [1.29, 1.82) is 0 Å². The SMILES string of the molecule is CCOC(=O)CC=Cc1cc(F)ccc1Cl. The topological polar surface area (TPSA) is 26.3 Å². The van der Waals surface area contributed by atoms with Gasteiger partial charge in [0.2, 0.25) is 0 Å². The van der Waals surface area contributed by atoms with Gasteiger partial charge in [0.1, 0.15) is 5.82 Å². The van der Waals surface area contributed by atoms with Crippen LogP contribution in [0.4, 0.5) is 4.39 Å². The minimum absolute atomic E-state index is 0.153. The average Bonchev–Trinajstić information content (AvgIpc) is 2.23. The van der Waals surface area contributed by atoms with Crippen LogP contribution in [0.25, 0.3) is 6.08 Å². The Balaban J connectivity index is 2.62. The Labute approximate surface area is 98.7 Å². The number of esters is 1. The number of carbonyl (C=O) groups excluding carboxylic acids is 1. The van der Waals surface area contributed by atoms with E-state index in [0.29, 0.717) is 17.2 Å². The molecule has 0 aliphatic heterocycles. The van der Waals surface area contributed by atoms with Crippen LogP contribution in [0.5, 0.6) is 0 Å². The van der Waals surface area contributed by atoms with Gasteiger partial charge in [-0.15, -0.1) is 0 Å². The summed E-state index contributed by atoms with van der Waals surface area (Å²) < 4.78 is 17.6. The summed E-state index contributed by atoms with van der Waals surface area (Å²) in [6.07, 6.45) is 3.35. The monoisotopic (exact) mass is 242 g/mol. The highest BCUT2D eigenvalue weighted by Gasteiger charge is 2.00. The summed E-state index contributed by atoms with van der Waals surface area (Å²) in [7, 11) is 0. The van der Waals surface area contributed by atoms with Crippen LogP contribution in [-0.2, 0) is 9.53 Å². The standard InChI is InChI=1S/C12H12ClFO2/c1-2-16-12(15)5-3-4-9-8-10(14)6-7-11(9)13/h3-4,6-8H,2,5H2,1H3. The molecular formula is C12H12ClFO2. The normalized spacial score (nSPS) is 10.7. The second-order valence-electron chi connectivity index (χ2n) is 3.08. The van der Waals surface area contributed by atoms with Crippen molar-refractivity contribution in [2.75, 3.05) is 6.61 Å². The Bertz CT molecular complexity index is 402. The maximum Gasteiger partial charge on any atom is 0.309 e. The largest absolute Gasteiger partial charge is 0.466 e. The summed E-state index contributed by atoms with van der Waals surface area (Å²) in [5.41, 5.74) is 0.547. The highest BCUT2D eigenvalue weighted by atomic mass is 35.5. The molecule has 0 radical (unpaired) electrons. The lowest BCUT2D eigenvalue weighted by Crippen LogP contribution is -2.01. The van der Waals surface area contributed by atoms with Crippen LogP contribution in [0.1, 0.15) is 18.9 Å². The van der Waals surface area contributed by atoms with Crippen LogP contribution < -0.4 is 0 Å². The van der Waals surface area contributed by atoms with Gasteiger partial charge >= 0.3 is 5.97 Å². The zero-order chi connectivity index (χ0) is 12.0. The third kappa shape index (κ3) is 4.03. The van der Waals surface area contributed by atoms with E-state index in [1.807, 2.05) is 0 Å². The molecule has 0 spiro atoms. The van der Waals surface area contributed by atoms with Crippen molar-refractivity contribution in [2.45, 2.75) is 13.3 Å². The van der Waals surface area contributed by atoms with Gasteiger partial charge < -0.3 is 4.74 Å². The molecule has 0 fully saturated rings. The first-order valence-electron chi connectivity index (χ1n) is 4.90. The van der Waals surface area contributed by atoms with E-state index in [0.717, 1.165) is 0 Å². The van der Waals surface area contributed by atoms with Crippen molar-refractivity contribution in [3.05, 3.63) is 40.7 Å². The molecule has 0 aliphatic rings. The van der Waals surface area contributed by atoms with Crippen molar-refractivity contribution in [3.63, 3.8) is 0 Å². The average molecular weight is 243 g/mol. The Morgan fingerprint density at radius 3 is 3.00 bits per heavy atom. The number of halogens is 2. The van der Waals surface area contributed by atoms with Gasteiger partial charge in [-0.05, 0) is 30.7 Å². The molecule has 0 saturated heterocycles. The molecule has 0 bridgehead atoms. The smallest absolute Gasteiger partial charge is 0.309 e. The lowest BCUT2D eigenvalue weighted by Gasteiger charge is -1.99. The highest BCUT2D eigenvalue weighted by molar-refractivity contribution is 6.32. The third-order valence-electron chi connectivity index (χ3n) is 1.85. The van der Waals surface area contributed by atoms with Crippen molar-refractivity contribution in [3.8, 4) is 0 Å². The second kappa shape index (κ2) is 6.28. The first kappa shape index (κ1) is 12.7. The Kier molecular flexibility index (Phi) is 4.99. The molecule has 0 N–H and O–H groups in total. The molecule has 86 valence electrons. The molecule has 0 aromatic heterocycles. The van der Waals surface area contributed by atoms with Gasteiger partial charge in [-0.1, -0.05) is 23.8 Å². The van der Waals surface area contributed by atoms with Gasteiger partial charge in [-0.25, -0.2) is 4.39 Å². The summed E-state index contributed by atoms with van der Waals surface area (Å²) in [4.78, 5) is 11.0. The first-order valence-corrected chi connectivity index (χ1v) is 5.28. The lowest BCUT2D eigenvalue weighted by molar-refractivity contribution is -0.142. The molecule has 1 rings (SSSR count). The summed E-state index contributed by atoms with van der Waals surface area (Å²) >= 11 is 5.84. The molecule has 0 aliphatic carbocycles. The minimum Gasteiger partial charge on any atom is -0.466 e. The maximum atomic E-state index is 12.9. The number of rotatable bonds is 4. The zero-order valence-electron chi connectivity index (χ0n) is 8.87. The zero-order valence-corrected chi connectivity index (χ0v) is 9.63. The molecule has 0 unspecified atom stereocenters. The Morgan fingerprint density at radius 1 is 1.56 bits per heavy atom. The summed E-state index contributed by atoms with van der Waals surface area (Å²) in [5.74, 6) is -0.675. The molecule has 2 nitrogen and oxygen atoms in total. The van der Waals surface area contributed by atoms with Gasteiger partial charge in [0, 0.05) is 5.02 Å². The van der Waals surface area contributed by atoms with Gasteiger partial charge in [0.15, 0.2) is 0 Å². The van der Waals surface area contributed by atoms with Crippen molar-refractivity contribution < 1.29 is 13.9 Å². The van der Waals surface area contributed by atoms with Crippen molar-refractivity contribution >= 4 is 23.6 Å². The van der Waals surface area contributed by atoms with Crippen LogP contribution in [-0.4, -0.2) is 12.6 Å². The van der Waals surface area contributed by atoms with Gasteiger partial charge in [0.25, 0.3) is 0 Å². The highest BCUT2D eigenvalue weighted by Crippen LogP contribution is 2.18. The van der Waals surface area contributed by atoms with E-state index in [2.05, 4.69) is 0 Å². The second-order valence-corrected chi connectivity index (χ2v) is 3.48. The molecule has 4 heteroatoms. The lowest BCUT2D eigenvalue weighted by atomic mass is 10.2. The molecule has 0 amide bonds. The maximum absolute atomic E-state index is 12.9. The molecule has 1 aromatic carbocycles. The molecule has 1 aromatic rings. The third-order valence-corrected chi connectivity index (χ3v) is 2.19. The van der Waals surface area contributed by atoms with Crippen molar-refractivity contribution in [1.82, 2.24) is 0 Å². The Morgan fingerprint density at radius 2 is 2.31 bits per heavy atom. The van der Waals surface area contributed by atoms with Crippen LogP contribution in [0.2, 0.25) is 5.02 Å². The van der Waals surface area contributed by atoms with E-state index >= 15 is 0 Å². The molecule has 0 saturated carbocycles. The van der Waals surface area contributed by atoms with E-state index in [4.69, 9.17) is 16.3 Å². The van der Waals surface area contributed by atoms with Crippen molar-refractivity contribution in [2.24, 2.45) is 0 Å². The number of hydrogen-bond acceptors (Lipinski definition) is 2. The van der Waals surface area contributed by atoms with Crippen LogP contribution >= 0.6 is 11.6 Å². The minimum atomic E-state index is -0.361. The number of ether oxygens (including phenoxy) is 1. The van der Waals surface area contributed by atoms with E-state index in [1.54, 1.807) is 19.1 Å². The fourth-order valence-corrected chi connectivity index (χ4v) is 1.32. The number of carbonyl (C=O) groups is 1. The number of benzene rings is 1. The predicted molar refractivity (Wildman–Crippen MR) is 61.7 cm³/mol. The van der Waals surface area contributed by atoms with E-state index in [-0.39, 0.29) is 18.2 Å². The quantitative estimate of drug-likeness (QED) is 0.756. The van der Waals surface area contributed by atoms with Gasteiger partial charge in [-0.3, -0.25) is 4.79 Å². The molecule has 0 atom stereocenters.